The molecule has 3 rings (SSSR count). The number of nitrogens with two attached hydrogens (primary N) is 1. The molecule has 130 valence electrons. The normalized spacial score (nSPS) is 10.2. The summed E-state index contributed by atoms with van der Waals surface area (Å²) >= 11 is 0. The van der Waals surface area contributed by atoms with Crippen molar-refractivity contribution >= 4 is 5.82 Å². The molecule has 0 amide bonds. The van der Waals surface area contributed by atoms with E-state index in [0.29, 0.717) is 33.9 Å². The number of halogens is 1. The molecule has 0 aliphatic carbocycles. The Morgan fingerprint density at radius 3 is 2.23 bits per heavy atom. The van der Waals surface area contributed by atoms with E-state index in [4.69, 9.17) is 15.2 Å². The summed E-state index contributed by atoms with van der Waals surface area (Å²) in [7, 11) is 3.07. The van der Waals surface area contributed by atoms with Crippen LogP contribution in [0, 0.1) is 17.1 Å². The molecule has 2 N–H and O–H groups in total. The molecule has 2 aromatic carbocycles. The highest BCUT2D eigenvalue weighted by molar-refractivity contribution is 5.81. The topological polar surface area (TPSA) is 81.2 Å². The average Bonchev–Trinajstić information content (AvgIpc) is 2.67. The zero-order valence-corrected chi connectivity index (χ0v) is 14.3. The summed E-state index contributed by atoms with van der Waals surface area (Å²) < 4.78 is 24.7. The Hall–Kier alpha value is -3.59. The van der Waals surface area contributed by atoms with Gasteiger partial charge in [0.25, 0.3) is 0 Å². The molecule has 0 saturated heterocycles. The van der Waals surface area contributed by atoms with Crippen LogP contribution < -0.4 is 15.2 Å². The number of rotatable bonds is 4. The van der Waals surface area contributed by atoms with Gasteiger partial charge in [-0.25, -0.2) is 9.37 Å². The van der Waals surface area contributed by atoms with Crippen LogP contribution in [0.5, 0.6) is 11.5 Å². The van der Waals surface area contributed by atoms with E-state index in [2.05, 4.69) is 11.1 Å². The number of nitrogens with zero attached hydrogens (tertiary/aromatic N) is 2. The van der Waals surface area contributed by atoms with E-state index in [1.165, 1.54) is 20.3 Å². The average molecular weight is 349 g/mol. The van der Waals surface area contributed by atoms with Crippen molar-refractivity contribution in [3.05, 3.63) is 59.9 Å². The third kappa shape index (κ3) is 3.15. The molecule has 0 saturated carbocycles. The molecule has 0 unspecified atom stereocenters. The van der Waals surface area contributed by atoms with E-state index in [0.717, 1.165) is 0 Å². The van der Waals surface area contributed by atoms with Crippen molar-refractivity contribution in [1.29, 1.82) is 5.26 Å². The Morgan fingerprint density at radius 1 is 1.00 bits per heavy atom. The lowest BCUT2D eigenvalue weighted by molar-refractivity contribution is 0.394. The Morgan fingerprint density at radius 2 is 1.65 bits per heavy atom. The lowest BCUT2D eigenvalue weighted by atomic mass is 9.98. The number of pyridine rings is 1. The van der Waals surface area contributed by atoms with E-state index in [-0.39, 0.29) is 11.4 Å². The van der Waals surface area contributed by atoms with E-state index >= 15 is 0 Å². The maximum atomic E-state index is 14.2. The molecule has 0 radical (unpaired) electrons. The minimum atomic E-state index is -0.418. The van der Waals surface area contributed by atoms with Crippen LogP contribution in [-0.4, -0.2) is 19.2 Å². The van der Waals surface area contributed by atoms with Gasteiger partial charge in [-0.3, -0.25) is 0 Å². The molecule has 5 nitrogen and oxygen atoms in total. The van der Waals surface area contributed by atoms with Gasteiger partial charge in [-0.05, 0) is 35.9 Å². The second-order valence-electron chi connectivity index (χ2n) is 5.51. The molecular weight excluding hydrogens is 333 g/mol. The number of hydrogen-bond donors (Lipinski definition) is 1. The summed E-state index contributed by atoms with van der Waals surface area (Å²) in [5.41, 5.74) is 8.02. The molecule has 0 fully saturated rings. The third-order valence-electron chi connectivity index (χ3n) is 3.97. The highest BCUT2D eigenvalue weighted by Crippen LogP contribution is 2.35. The number of methoxy groups -OCH3 is 2. The van der Waals surface area contributed by atoms with Crippen LogP contribution in [0.2, 0.25) is 0 Å². The summed E-state index contributed by atoms with van der Waals surface area (Å²) in [4.78, 5) is 4.20. The number of nitriles is 1. The first kappa shape index (κ1) is 17.2. The number of hydrogen-bond acceptors (Lipinski definition) is 5. The zero-order chi connectivity index (χ0) is 18.7. The smallest absolute Gasteiger partial charge is 0.142 e. The van der Waals surface area contributed by atoms with Crippen molar-refractivity contribution in [3.63, 3.8) is 0 Å². The van der Waals surface area contributed by atoms with Gasteiger partial charge in [0.1, 0.15) is 34.8 Å². The van der Waals surface area contributed by atoms with E-state index in [1.807, 2.05) is 0 Å². The van der Waals surface area contributed by atoms with Crippen LogP contribution in [0.4, 0.5) is 10.2 Å². The lowest BCUT2D eigenvalue weighted by Gasteiger charge is -2.13. The van der Waals surface area contributed by atoms with Gasteiger partial charge in [0.05, 0.1) is 19.9 Å². The van der Waals surface area contributed by atoms with Gasteiger partial charge in [0.15, 0.2) is 0 Å². The first-order valence-corrected chi connectivity index (χ1v) is 7.76. The van der Waals surface area contributed by atoms with Crippen molar-refractivity contribution in [3.8, 4) is 40.0 Å². The predicted octanol–water partition coefficient (Wildman–Crippen LogP) is 4.03. The summed E-state index contributed by atoms with van der Waals surface area (Å²) in [5, 5.41) is 9.52. The van der Waals surface area contributed by atoms with Crippen molar-refractivity contribution in [2.24, 2.45) is 0 Å². The zero-order valence-electron chi connectivity index (χ0n) is 14.3. The number of ether oxygens (including phenoxy) is 2. The first-order valence-electron chi connectivity index (χ1n) is 7.76. The molecule has 1 heterocycles. The maximum absolute atomic E-state index is 14.2. The third-order valence-corrected chi connectivity index (χ3v) is 3.97. The molecule has 26 heavy (non-hydrogen) atoms. The molecule has 0 aliphatic heterocycles. The number of nitrogen functional groups attached to an aromatic ring is 1. The van der Waals surface area contributed by atoms with Crippen molar-refractivity contribution in [2.45, 2.75) is 0 Å². The summed E-state index contributed by atoms with van der Waals surface area (Å²) in [6.07, 6.45) is 0. The standard InChI is InChI=1S/C20H16FN3O2/c1-25-13-7-12(8-14(9-13)26-2)16-10-19(24-20(23)17(16)11-22)15-5-3-4-6-18(15)21/h3-10H,1-2H3,(H2,23,24). The molecule has 0 bridgehead atoms. The van der Waals surface area contributed by atoms with Crippen molar-refractivity contribution in [1.82, 2.24) is 4.98 Å². The molecule has 3 aromatic rings. The Balaban J connectivity index is 2.27. The highest BCUT2D eigenvalue weighted by atomic mass is 19.1. The summed E-state index contributed by atoms with van der Waals surface area (Å²) in [6, 6.07) is 15.2. The summed E-state index contributed by atoms with van der Waals surface area (Å²) in [5.74, 6) is 0.737. The van der Waals surface area contributed by atoms with Crippen LogP contribution in [0.25, 0.3) is 22.4 Å². The molecule has 6 heteroatoms. The van der Waals surface area contributed by atoms with Crippen LogP contribution in [0.1, 0.15) is 5.56 Å². The second kappa shape index (κ2) is 7.11. The van der Waals surface area contributed by atoms with E-state index in [1.54, 1.807) is 42.5 Å². The van der Waals surface area contributed by atoms with Gasteiger partial charge in [0, 0.05) is 17.2 Å². The molecular formula is C20H16FN3O2. The Kier molecular flexibility index (Phi) is 4.72. The fourth-order valence-electron chi connectivity index (χ4n) is 2.68. The largest absolute Gasteiger partial charge is 0.497 e. The SMILES string of the molecule is COc1cc(OC)cc(-c2cc(-c3ccccc3F)nc(N)c2C#N)c1. The minimum Gasteiger partial charge on any atom is -0.497 e. The molecule has 0 spiro atoms. The lowest BCUT2D eigenvalue weighted by Crippen LogP contribution is -2.01. The first-order chi connectivity index (χ1) is 12.6. The van der Waals surface area contributed by atoms with Gasteiger partial charge in [-0.2, -0.15) is 5.26 Å². The molecule has 1 aromatic heterocycles. The predicted molar refractivity (Wildman–Crippen MR) is 97.3 cm³/mol. The quantitative estimate of drug-likeness (QED) is 0.769. The van der Waals surface area contributed by atoms with E-state index < -0.39 is 5.82 Å². The van der Waals surface area contributed by atoms with E-state index in [9.17, 15) is 9.65 Å². The summed E-state index contributed by atoms with van der Waals surface area (Å²) in [6.45, 7) is 0. The van der Waals surface area contributed by atoms with Crippen LogP contribution in [0.15, 0.2) is 48.5 Å². The van der Waals surface area contributed by atoms with Gasteiger partial charge in [-0.15, -0.1) is 0 Å². The van der Waals surface area contributed by atoms with Crippen LogP contribution in [0.3, 0.4) is 0 Å². The number of anilines is 1. The number of benzene rings is 2. The van der Waals surface area contributed by atoms with Crippen molar-refractivity contribution in [2.75, 3.05) is 20.0 Å². The van der Waals surface area contributed by atoms with Gasteiger partial charge in [0.2, 0.25) is 0 Å². The second-order valence-corrected chi connectivity index (χ2v) is 5.51. The molecule has 0 atom stereocenters. The Labute approximate surface area is 150 Å². The fraction of sp³-hybridized carbons (Fsp3) is 0.100. The Bertz CT molecular complexity index is 990. The minimum absolute atomic E-state index is 0.0324. The van der Waals surface area contributed by atoms with Gasteiger partial charge >= 0.3 is 0 Å². The monoisotopic (exact) mass is 349 g/mol. The van der Waals surface area contributed by atoms with Crippen LogP contribution >= 0.6 is 0 Å². The molecule has 0 aliphatic rings. The van der Waals surface area contributed by atoms with Gasteiger partial charge in [-0.1, -0.05) is 12.1 Å². The highest BCUT2D eigenvalue weighted by Gasteiger charge is 2.16. The van der Waals surface area contributed by atoms with Crippen molar-refractivity contribution < 1.29 is 13.9 Å². The van der Waals surface area contributed by atoms with Crippen LogP contribution in [-0.2, 0) is 0 Å². The van der Waals surface area contributed by atoms with Gasteiger partial charge < -0.3 is 15.2 Å². The number of aromatic nitrogens is 1. The maximum Gasteiger partial charge on any atom is 0.142 e. The fourth-order valence-corrected chi connectivity index (χ4v) is 2.68.